The van der Waals surface area contributed by atoms with Crippen molar-refractivity contribution in [2.24, 2.45) is 5.73 Å². The van der Waals surface area contributed by atoms with Crippen LogP contribution in [0.2, 0.25) is 0 Å². The predicted octanol–water partition coefficient (Wildman–Crippen LogP) is 7.13. The van der Waals surface area contributed by atoms with Gasteiger partial charge in [-0.15, -0.1) is 0 Å². The van der Waals surface area contributed by atoms with Gasteiger partial charge in [0.15, 0.2) is 0 Å². The van der Waals surface area contributed by atoms with Crippen LogP contribution in [0.4, 0.5) is 0 Å². The van der Waals surface area contributed by atoms with Gasteiger partial charge >= 0.3 is 0 Å². The number of benzene rings is 4. The van der Waals surface area contributed by atoms with Crippen molar-refractivity contribution in [2.75, 3.05) is 0 Å². The van der Waals surface area contributed by atoms with Gasteiger partial charge in [-0.25, -0.2) is 0 Å². The average Bonchev–Trinajstić information content (AvgIpc) is 3.48. The van der Waals surface area contributed by atoms with E-state index >= 15 is 0 Å². The maximum atomic E-state index is 6.55. The standard InChI is InChI=1S/C32H25N3O/c1-19(34-27-16-14-21(18-26(27)33)20-8-3-2-4-9-20)22-11-7-12-25-30-28(35-31(22)25)17-15-24-23-10-5-6-13-29(23)36-32(24)30/h2-18,26-27,34-35H,1,33H2. The number of rotatable bonds is 4. The van der Waals surface area contributed by atoms with Crippen molar-refractivity contribution in [1.82, 2.24) is 10.3 Å². The Labute approximate surface area is 208 Å². The van der Waals surface area contributed by atoms with Crippen LogP contribution in [0.5, 0.6) is 0 Å². The monoisotopic (exact) mass is 467 g/mol. The average molecular weight is 468 g/mol. The molecule has 1 aliphatic rings. The van der Waals surface area contributed by atoms with E-state index in [1.807, 2.05) is 36.4 Å². The Morgan fingerprint density at radius 1 is 0.861 bits per heavy atom. The molecule has 174 valence electrons. The predicted molar refractivity (Wildman–Crippen MR) is 151 cm³/mol. The molecule has 4 N–H and O–H groups in total. The Kier molecular flexibility index (Phi) is 4.63. The Bertz CT molecular complexity index is 1850. The molecule has 2 unspecified atom stereocenters. The van der Waals surface area contributed by atoms with Crippen molar-refractivity contribution in [2.45, 2.75) is 12.1 Å². The van der Waals surface area contributed by atoms with Crippen LogP contribution >= 0.6 is 0 Å². The van der Waals surface area contributed by atoms with E-state index in [1.54, 1.807) is 0 Å². The fourth-order valence-corrected chi connectivity index (χ4v) is 5.39. The van der Waals surface area contributed by atoms with Crippen LogP contribution in [0.25, 0.3) is 55.0 Å². The third kappa shape index (κ3) is 3.19. The number of H-pyrrole nitrogens is 1. The molecule has 0 saturated heterocycles. The summed E-state index contributed by atoms with van der Waals surface area (Å²) in [5, 5.41) is 8.03. The van der Waals surface area contributed by atoms with Crippen molar-refractivity contribution in [3.63, 3.8) is 0 Å². The summed E-state index contributed by atoms with van der Waals surface area (Å²) in [5.74, 6) is 0. The molecule has 0 fully saturated rings. The van der Waals surface area contributed by atoms with Crippen molar-refractivity contribution < 1.29 is 4.42 Å². The third-order valence-electron chi connectivity index (χ3n) is 7.18. The minimum Gasteiger partial charge on any atom is -0.455 e. The normalized spacial score (nSPS) is 17.8. The molecule has 1 aliphatic carbocycles. The number of allylic oxidation sites excluding steroid dienone is 2. The molecule has 0 amide bonds. The fourth-order valence-electron chi connectivity index (χ4n) is 5.39. The highest BCUT2D eigenvalue weighted by atomic mass is 16.3. The zero-order valence-corrected chi connectivity index (χ0v) is 19.7. The van der Waals surface area contributed by atoms with Gasteiger partial charge in [-0.1, -0.05) is 91.5 Å². The Hall–Kier alpha value is -4.54. The Morgan fingerprint density at radius 2 is 1.67 bits per heavy atom. The number of hydrogen-bond donors (Lipinski definition) is 3. The van der Waals surface area contributed by atoms with Crippen LogP contribution in [0.3, 0.4) is 0 Å². The molecule has 36 heavy (non-hydrogen) atoms. The van der Waals surface area contributed by atoms with Crippen LogP contribution in [0.1, 0.15) is 11.1 Å². The number of nitrogens with two attached hydrogens (primary N) is 1. The van der Waals surface area contributed by atoms with Gasteiger partial charge in [-0.2, -0.15) is 0 Å². The number of aromatic nitrogens is 1. The highest BCUT2D eigenvalue weighted by molar-refractivity contribution is 6.23. The van der Waals surface area contributed by atoms with Crippen LogP contribution in [0.15, 0.2) is 114 Å². The zero-order chi connectivity index (χ0) is 24.2. The van der Waals surface area contributed by atoms with Gasteiger partial charge in [0.25, 0.3) is 0 Å². The second kappa shape index (κ2) is 8.01. The van der Waals surface area contributed by atoms with Gasteiger partial charge < -0.3 is 20.5 Å². The van der Waals surface area contributed by atoms with Gasteiger partial charge in [0.2, 0.25) is 0 Å². The summed E-state index contributed by atoms with van der Waals surface area (Å²) < 4.78 is 6.32. The molecule has 2 aromatic heterocycles. The zero-order valence-electron chi connectivity index (χ0n) is 19.7. The molecule has 0 saturated carbocycles. The summed E-state index contributed by atoms with van der Waals surface area (Å²) in [6, 6.07) is 28.8. The second-order valence-corrected chi connectivity index (χ2v) is 9.39. The number of aromatic amines is 1. The van der Waals surface area contributed by atoms with Gasteiger partial charge in [-0.3, -0.25) is 0 Å². The minimum atomic E-state index is -0.168. The first-order valence-electron chi connectivity index (χ1n) is 12.2. The first-order valence-corrected chi connectivity index (χ1v) is 12.2. The number of nitrogens with one attached hydrogen (secondary N) is 2. The van der Waals surface area contributed by atoms with Crippen molar-refractivity contribution in [1.29, 1.82) is 0 Å². The topological polar surface area (TPSA) is 67.0 Å². The molecule has 7 rings (SSSR count). The van der Waals surface area contributed by atoms with Crippen LogP contribution < -0.4 is 11.1 Å². The van der Waals surface area contributed by atoms with Crippen LogP contribution in [0, 0.1) is 0 Å². The molecule has 0 bridgehead atoms. The lowest BCUT2D eigenvalue weighted by Crippen LogP contribution is -2.42. The molecule has 0 spiro atoms. The maximum absolute atomic E-state index is 6.55. The largest absolute Gasteiger partial charge is 0.455 e. The molecule has 4 heteroatoms. The smallest absolute Gasteiger partial charge is 0.145 e. The van der Waals surface area contributed by atoms with E-state index in [2.05, 4.69) is 83.6 Å². The molecule has 2 atom stereocenters. The van der Waals surface area contributed by atoms with Crippen molar-refractivity contribution in [3.05, 3.63) is 121 Å². The van der Waals surface area contributed by atoms with E-state index in [9.17, 15) is 0 Å². The lowest BCUT2D eigenvalue weighted by molar-refractivity contribution is 0.631. The summed E-state index contributed by atoms with van der Waals surface area (Å²) in [6.45, 7) is 4.38. The molecule has 4 aromatic carbocycles. The van der Waals surface area contributed by atoms with E-state index in [1.165, 1.54) is 5.56 Å². The summed E-state index contributed by atoms with van der Waals surface area (Å²) in [5.41, 5.74) is 14.6. The van der Waals surface area contributed by atoms with E-state index in [0.717, 1.165) is 60.6 Å². The van der Waals surface area contributed by atoms with Crippen LogP contribution in [-0.4, -0.2) is 17.1 Å². The number of fused-ring (bicyclic) bond motifs is 7. The molecule has 0 radical (unpaired) electrons. The number of furan rings is 1. The van der Waals surface area contributed by atoms with E-state index < -0.39 is 0 Å². The van der Waals surface area contributed by atoms with Gasteiger partial charge in [0.05, 0.1) is 22.5 Å². The Morgan fingerprint density at radius 3 is 2.53 bits per heavy atom. The third-order valence-corrected chi connectivity index (χ3v) is 7.18. The molecular formula is C32H25N3O. The number of para-hydroxylation sites is 2. The first-order chi connectivity index (χ1) is 17.7. The van der Waals surface area contributed by atoms with E-state index in [-0.39, 0.29) is 12.1 Å². The molecule has 4 nitrogen and oxygen atoms in total. The lowest BCUT2D eigenvalue weighted by atomic mass is 9.93. The maximum Gasteiger partial charge on any atom is 0.145 e. The molecule has 6 aromatic rings. The first kappa shape index (κ1) is 20.8. The quantitative estimate of drug-likeness (QED) is 0.258. The molecule has 2 heterocycles. The van der Waals surface area contributed by atoms with E-state index in [4.69, 9.17) is 10.2 Å². The molecular weight excluding hydrogens is 442 g/mol. The fraction of sp³-hybridized carbons (Fsp3) is 0.0625. The second-order valence-electron chi connectivity index (χ2n) is 9.39. The Balaban J connectivity index is 1.26. The highest BCUT2D eigenvalue weighted by Gasteiger charge is 2.21. The van der Waals surface area contributed by atoms with Crippen LogP contribution in [-0.2, 0) is 0 Å². The minimum absolute atomic E-state index is 0.0494. The van der Waals surface area contributed by atoms with E-state index in [0.29, 0.717) is 0 Å². The SMILES string of the molecule is C=C(NC1C=CC(c2ccccc2)=CC1N)c1cccc2c1[nH]c1ccc3c4ccccc4oc3c12. The summed E-state index contributed by atoms with van der Waals surface area (Å²) in [7, 11) is 0. The molecule has 0 aliphatic heterocycles. The summed E-state index contributed by atoms with van der Waals surface area (Å²) in [4.78, 5) is 3.62. The van der Waals surface area contributed by atoms with Gasteiger partial charge in [-0.05, 0) is 29.3 Å². The number of hydrogen-bond acceptors (Lipinski definition) is 3. The lowest BCUT2D eigenvalue weighted by Gasteiger charge is -2.26. The van der Waals surface area contributed by atoms with Crippen molar-refractivity contribution >= 4 is 55.0 Å². The van der Waals surface area contributed by atoms with Crippen molar-refractivity contribution in [3.8, 4) is 0 Å². The van der Waals surface area contributed by atoms with Gasteiger partial charge in [0.1, 0.15) is 11.2 Å². The summed E-state index contributed by atoms with van der Waals surface area (Å²) in [6.07, 6.45) is 6.37. The summed E-state index contributed by atoms with van der Waals surface area (Å²) >= 11 is 0. The van der Waals surface area contributed by atoms with Gasteiger partial charge in [0, 0.05) is 33.5 Å². The highest BCUT2D eigenvalue weighted by Crippen LogP contribution is 2.39.